The minimum absolute atomic E-state index is 0.0908. The molecule has 0 aliphatic carbocycles. The first-order valence-electron chi connectivity index (χ1n) is 6.77. The van der Waals surface area contributed by atoms with Crippen molar-refractivity contribution < 1.29 is 4.79 Å². The number of rotatable bonds is 3. The van der Waals surface area contributed by atoms with Gasteiger partial charge in [-0.15, -0.1) is 11.8 Å². The van der Waals surface area contributed by atoms with Gasteiger partial charge in [-0.05, 0) is 18.6 Å². The van der Waals surface area contributed by atoms with Gasteiger partial charge in [0.05, 0.1) is 5.69 Å². The van der Waals surface area contributed by atoms with E-state index in [0.717, 1.165) is 36.8 Å². The van der Waals surface area contributed by atoms with E-state index in [1.807, 2.05) is 33.8 Å². The number of aromatic nitrogens is 2. The number of hydrogen-bond acceptors (Lipinski definition) is 3. The van der Waals surface area contributed by atoms with Gasteiger partial charge in [-0.3, -0.25) is 9.69 Å². The van der Waals surface area contributed by atoms with E-state index in [1.54, 1.807) is 18.7 Å². The zero-order valence-electron chi connectivity index (χ0n) is 11.5. The molecule has 1 aliphatic rings. The number of nitrogens with zero attached hydrogens (tertiary/aromatic N) is 3. The lowest BCUT2D eigenvalue weighted by Crippen LogP contribution is -2.35. The summed E-state index contributed by atoms with van der Waals surface area (Å²) in [6, 6.07) is 12.3. The van der Waals surface area contributed by atoms with Crippen molar-refractivity contribution in [3.8, 4) is 0 Å². The fraction of sp³-hybridized carbons (Fsp3) is 0.333. The summed E-state index contributed by atoms with van der Waals surface area (Å²) in [5.41, 5.74) is 1.03. The van der Waals surface area contributed by atoms with Gasteiger partial charge >= 0.3 is 0 Å². The maximum atomic E-state index is 11.6. The number of aryl methyl sites for hydroxylation is 1. The third kappa shape index (κ3) is 2.72. The molecule has 5 heteroatoms. The molecule has 104 valence electrons. The maximum absolute atomic E-state index is 11.6. The van der Waals surface area contributed by atoms with Crippen molar-refractivity contribution in [2.45, 2.75) is 30.5 Å². The Bertz CT molecular complexity index is 609. The van der Waals surface area contributed by atoms with Crippen LogP contribution in [0.25, 0.3) is 0 Å². The molecule has 20 heavy (non-hydrogen) atoms. The van der Waals surface area contributed by atoms with Gasteiger partial charge in [0.15, 0.2) is 0 Å². The summed E-state index contributed by atoms with van der Waals surface area (Å²) < 4.78 is 1.95. The summed E-state index contributed by atoms with van der Waals surface area (Å²) in [5.74, 6) is 1.86. The van der Waals surface area contributed by atoms with Crippen LogP contribution in [-0.2, 0) is 17.1 Å². The molecular formula is C15H17N3OS. The Morgan fingerprint density at radius 1 is 1.30 bits per heavy atom. The molecule has 0 radical (unpaired) electrons. The van der Waals surface area contributed by atoms with E-state index in [4.69, 9.17) is 0 Å². The van der Waals surface area contributed by atoms with Gasteiger partial charge in [0.1, 0.15) is 5.82 Å². The zero-order chi connectivity index (χ0) is 13.9. The molecule has 1 aliphatic heterocycles. The Labute approximate surface area is 122 Å². The van der Waals surface area contributed by atoms with Crippen LogP contribution in [0.4, 0.5) is 5.82 Å². The van der Waals surface area contributed by atoms with Crippen LogP contribution in [-0.4, -0.2) is 22.2 Å². The molecule has 0 bridgehead atoms. The normalized spacial score (nSPS) is 14.2. The Balaban J connectivity index is 1.74. The van der Waals surface area contributed by atoms with E-state index in [2.05, 4.69) is 17.2 Å². The van der Waals surface area contributed by atoms with Crippen molar-refractivity contribution in [2.75, 3.05) is 11.4 Å². The first kappa shape index (κ1) is 13.2. The molecule has 0 N–H and O–H groups in total. The number of amides is 1. The minimum atomic E-state index is 0.0908. The molecule has 0 spiro atoms. The van der Waals surface area contributed by atoms with E-state index >= 15 is 0 Å². The molecule has 3 rings (SSSR count). The highest BCUT2D eigenvalue weighted by atomic mass is 32.2. The van der Waals surface area contributed by atoms with Crippen molar-refractivity contribution in [3.63, 3.8) is 0 Å². The van der Waals surface area contributed by atoms with E-state index in [9.17, 15) is 4.79 Å². The largest absolute Gasteiger partial charge is 0.297 e. The van der Waals surface area contributed by atoms with Gasteiger partial charge in [-0.2, -0.15) is 5.10 Å². The van der Waals surface area contributed by atoms with Crippen molar-refractivity contribution in [1.29, 1.82) is 0 Å². The van der Waals surface area contributed by atoms with E-state index in [-0.39, 0.29) is 5.91 Å². The second kappa shape index (κ2) is 5.71. The summed E-state index contributed by atoms with van der Waals surface area (Å²) in [5, 5.41) is 4.60. The number of carbonyl (C=O) groups is 1. The van der Waals surface area contributed by atoms with Crippen LogP contribution >= 0.6 is 11.8 Å². The van der Waals surface area contributed by atoms with Gasteiger partial charge in [0, 0.05) is 36.7 Å². The second-order valence-corrected chi connectivity index (χ2v) is 5.89. The lowest BCUT2D eigenvalue weighted by molar-refractivity contribution is -0.116. The van der Waals surface area contributed by atoms with Crippen LogP contribution < -0.4 is 4.90 Å². The minimum Gasteiger partial charge on any atom is -0.297 e. The van der Waals surface area contributed by atoms with Crippen LogP contribution in [0.2, 0.25) is 0 Å². The van der Waals surface area contributed by atoms with Crippen molar-refractivity contribution in [3.05, 3.63) is 42.1 Å². The van der Waals surface area contributed by atoms with Gasteiger partial charge in [-0.25, -0.2) is 4.68 Å². The van der Waals surface area contributed by atoms with Gasteiger partial charge < -0.3 is 0 Å². The summed E-state index contributed by atoms with van der Waals surface area (Å²) in [6.45, 7) is 3.31. The van der Waals surface area contributed by atoms with Crippen molar-refractivity contribution in [1.82, 2.24) is 9.78 Å². The summed E-state index contributed by atoms with van der Waals surface area (Å²) in [7, 11) is 0. The highest BCUT2D eigenvalue weighted by Crippen LogP contribution is 2.26. The summed E-state index contributed by atoms with van der Waals surface area (Å²) >= 11 is 1.77. The quantitative estimate of drug-likeness (QED) is 0.815. The number of anilines is 1. The lowest BCUT2D eigenvalue weighted by atomic mass is 10.3. The molecule has 0 saturated heterocycles. The smallest absolute Gasteiger partial charge is 0.225 e. The molecular weight excluding hydrogens is 270 g/mol. The van der Waals surface area contributed by atoms with E-state index < -0.39 is 0 Å². The fourth-order valence-corrected chi connectivity index (χ4v) is 3.20. The third-order valence-electron chi connectivity index (χ3n) is 3.35. The molecule has 1 amide bonds. The molecule has 0 saturated carbocycles. The van der Waals surface area contributed by atoms with Crippen molar-refractivity contribution >= 4 is 23.5 Å². The summed E-state index contributed by atoms with van der Waals surface area (Å²) in [4.78, 5) is 14.7. The summed E-state index contributed by atoms with van der Waals surface area (Å²) in [6.07, 6.45) is 0.972. The standard InChI is InChI=1S/C15H17N3OS/c1-12(19)17-8-5-9-18-15(17)10-13(16-18)11-20-14-6-3-2-4-7-14/h2-4,6-7,10H,5,8-9,11H2,1H3. The van der Waals surface area contributed by atoms with Gasteiger partial charge in [0.25, 0.3) is 0 Å². The van der Waals surface area contributed by atoms with Gasteiger partial charge in [-0.1, -0.05) is 18.2 Å². The number of thioether (sulfide) groups is 1. The fourth-order valence-electron chi connectivity index (χ4n) is 2.40. The first-order valence-corrected chi connectivity index (χ1v) is 7.75. The molecule has 0 unspecified atom stereocenters. The SMILES string of the molecule is CC(=O)N1CCCn2nc(CSc3ccccc3)cc21. The Hall–Kier alpha value is -1.75. The Morgan fingerprint density at radius 3 is 2.85 bits per heavy atom. The monoisotopic (exact) mass is 287 g/mol. The molecule has 4 nitrogen and oxygen atoms in total. The first-order chi connectivity index (χ1) is 9.74. The number of benzene rings is 1. The molecule has 0 fully saturated rings. The van der Waals surface area contributed by atoms with Crippen LogP contribution in [0.15, 0.2) is 41.3 Å². The molecule has 1 aromatic carbocycles. The van der Waals surface area contributed by atoms with Crippen LogP contribution in [0.1, 0.15) is 19.0 Å². The van der Waals surface area contributed by atoms with Crippen molar-refractivity contribution in [2.24, 2.45) is 0 Å². The van der Waals surface area contributed by atoms with Crippen LogP contribution in [0, 0.1) is 0 Å². The predicted octanol–water partition coefficient (Wildman–Crippen LogP) is 2.93. The highest BCUT2D eigenvalue weighted by molar-refractivity contribution is 7.98. The molecule has 2 heterocycles. The number of hydrogen-bond donors (Lipinski definition) is 0. The average Bonchev–Trinajstić information content (AvgIpc) is 2.88. The van der Waals surface area contributed by atoms with E-state index in [0.29, 0.717) is 0 Å². The zero-order valence-corrected chi connectivity index (χ0v) is 12.3. The Morgan fingerprint density at radius 2 is 2.10 bits per heavy atom. The third-order valence-corrected chi connectivity index (χ3v) is 4.39. The maximum Gasteiger partial charge on any atom is 0.225 e. The second-order valence-electron chi connectivity index (χ2n) is 4.84. The topological polar surface area (TPSA) is 38.1 Å². The molecule has 0 atom stereocenters. The predicted molar refractivity (Wildman–Crippen MR) is 80.9 cm³/mol. The van der Waals surface area contributed by atoms with E-state index in [1.165, 1.54) is 4.90 Å². The molecule has 2 aromatic rings. The highest BCUT2D eigenvalue weighted by Gasteiger charge is 2.21. The van der Waals surface area contributed by atoms with Crippen LogP contribution in [0.5, 0.6) is 0 Å². The van der Waals surface area contributed by atoms with Crippen LogP contribution in [0.3, 0.4) is 0 Å². The Kier molecular flexibility index (Phi) is 3.78. The van der Waals surface area contributed by atoms with Gasteiger partial charge in [0.2, 0.25) is 5.91 Å². The average molecular weight is 287 g/mol. The molecule has 1 aromatic heterocycles. The number of carbonyl (C=O) groups excluding carboxylic acids is 1. The number of fused-ring (bicyclic) bond motifs is 1. The lowest BCUT2D eigenvalue weighted by Gasteiger charge is -2.26.